The lowest BCUT2D eigenvalue weighted by Crippen LogP contribution is -2.61. The van der Waals surface area contributed by atoms with E-state index < -0.39 is 30.7 Å². The normalized spacial score (nSPS) is 22.7. The molecule has 6 nitrogen and oxygen atoms in total. The van der Waals surface area contributed by atoms with Gasteiger partial charge in [-0.05, 0) is 22.3 Å². The van der Waals surface area contributed by atoms with Crippen LogP contribution in [0.2, 0.25) is 0 Å². The topological polar surface area (TPSA) is 66.4 Å². The molecule has 0 aliphatic carbocycles. The van der Waals surface area contributed by atoms with Crippen molar-refractivity contribution in [3.8, 4) is 0 Å². The number of ether oxygens (including phenoxy) is 5. The molecule has 1 fully saturated rings. The summed E-state index contributed by atoms with van der Waals surface area (Å²) in [6.07, 6.45) is -3.81. The molecule has 0 radical (unpaired) electrons. The van der Waals surface area contributed by atoms with Crippen molar-refractivity contribution in [3.63, 3.8) is 0 Å². The number of hydrogen-bond donors (Lipinski definition) is 1. The molecule has 4 aromatic carbocycles. The van der Waals surface area contributed by atoms with Crippen LogP contribution >= 0.6 is 0 Å². The van der Waals surface area contributed by atoms with Crippen LogP contribution in [0.25, 0.3) is 0 Å². The summed E-state index contributed by atoms with van der Waals surface area (Å²) < 4.78 is 31.3. The van der Waals surface area contributed by atoms with Gasteiger partial charge in [-0.2, -0.15) is 0 Å². The highest BCUT2D eigenvalue weighted by molar-refractivity contribution is 5.16. The molecule has 0 amide bonds. The van der Waals surface area contributed by atoms with Crippen molar-refractivity contribution in [2.75, 3.05) is 6.61 Å². The maximum absolute atomic E-state index is 11.5. The molecule has 1 saturated heterocycles. The zero-order valence-electron chi connectivity index (χ0n) is 22.5. The maximum atomic E-state index is 11.5. The van der Waals surface area contributed by atoms with Gasteiger partial charge >= 0.3 is 0 Å². The lowest BCUT2D eigenvalue weighted by Gasteiger charge is -2.44. The second-order valence-corrected chi connectivity index (χ2v) is 9.85. The van der Waals surface area contributed by atoms with Gasteiger partial charge in [-0.3, -0.25) is 0 Å². The smallest absolute Gasteiger partial charge is 0.187 e. The Kier molecular flexibility index (Phi) is 10.5. The molecule has 5 atom stereocenters. The molecule has 0 spiro atoms. The van der Waals surface area contributed by atoms with Gasteiger partial charge in [0.2, 0.25) is 0 Å². The molecule has 1 N–H and O–H groups in total. The first kappa shape index (κ1) is 28.2. The van der Waals surface area contributed by atoms with E-state index in [1.54, 1.807) is 0 Å². The summed E-state index contributed by atoms with van der Waals surface area (Å²) in [6, 6.07) is 39.6. The molecular formula is C34H36O6. The van der Waals surface area contributed by atoms with Crippen LogP contribution in [0.5, 0.6) is 0 Å². The van der Waals surface area contributed by atoms with E-state index in [0.717, 1.165) is 22.3 Å². The van der Waals surface area contributed by atoms with Crippen LogP contribution in [-0.2, 0) is 50.1 Å². The number of rotatable bonds is 13. The molecule has 40 heavy (non-hydrogen) atoms. The zero-order valence-corrected chi connectivity index (χ0v) is 22.5. The Bertz CT molecular complexity index is 1200. The zero-order chi connectivity index (χ0) is 27.4. The minimum Gasteiger partial charge on any atom is -0.385 e. The molecule has 1 heterocycles. The Morgan fingerprint density at radius 1 is 0.500 bits per heavy atom. The first-order valence-electron chi connectivity index (χ1n) is 13.7. The van der Waals surface area contributed by atoms with E-state index >= 15 is 0 Å². The van der Waals surface area contributed by atoms with E-state index in [2.05, 4.69) is 0 Å². The van der Waals surface area contributed by atoms with Gasteiger partial charge in [-0.1, -0.05) is 121 Å². The lowest BCUT2D eigenvalue weighted by atomic mass is 9.98. The number of aliphatic hydroxyl groups is 1. The van der Waals surface area contributed by atoms with E-state index in [0.29, 0.717) is 26.4 Å². The Hall–Kier alpha value is -3.36. The molecule has 0 bridgehead atoms. The average molecular weight is 541 g/mol. The monoisotopic (exact) mass is 540 g/mol. The third-order valence-electron chi connectivity index (χ3n) is 6.84. The Morgan fingerprint density at radius 3 is 1.38 bits per heavy atom. The first-order valence-corrected chi connectivity index (χ1v) is 13.7. The first-order chi connectivity index (χ1) is 19.8. The van der Waals surface area contributed by atoms with Gasteiger partial charge in [0, 0.05) is 0 Å². The van der Waals surface area contributed by atoms with Crippen molar-refractivity contribution in [2.45, 2.75) is 57.1 Å². The molecule has 4 aromatic rings. The number of benzene rings is 4. The molecule has 1 aliphatic heterocycles. The molecule has 6 heteroatoms. The standard InChI is InChI=1S/C34H36O6/c35-31-33(38-23-28-17-9-3-10-18-28)32(37-22-27-15-7-2-8-16-27)30(25-36-21-26-13-5-1-6-14-26)40-34(31)39-24-29-19-11-4-12-20-29/h1-20,30-35H,21-25H2/t30-,31-,32+,33-,34-/m1/s1. The third-order valence-corrected chi connectivity index (χ3v) is 6.84. The van der Waals surface area contributed by atoms with Crippen LogP contribution in [0.3, 0.4) is 0 Å². The van der Waals surface area contributed by atoms with Crippen molar-refractivity contribution in [2.24, 2.45) is 0 Å². The average Bonchev–Trinajstić information content (AvgIpc) is 3.01. The van der Waals surface area contributed by atoms with Gasteiger partial charge in [0.15, 0.2) is 6.29 Å². The summed E-state index contributed by atoms with van der Waals surface area (Å²) in [5.74, 6) is 0. The van der Waals surface area contributed by atoms with E-state index in [4.69, 9.17) is 23.7 Å². The van der Waals surface area contributed by atoms with Crippen LogP contribution < -0.4 is 0 Å². The number of hydrogen-bond acceptors (Lipinski definition) is 6. The summed E-state index contributed by atoms with van der Waals surface area (Å²) in [7, 11) is 0. The second-order valence-electron chi connectivity index (χ2n) is 9.85. The van der Waals surface area contributed by atoms with Crippen LogP contribution in [0.15, 0.2) is 121 Å². The number of aliphatic hydroxyl groups excluding tert-OH is 1. The SMILES string of the molecule is O[C@H]1[C@H](OCc2ccccc2)O[C@H](COCc2ccccc2)[C@H](OCc2ccccc2)[C@@H]1OCc1ccccc1. The van der Waals surface area contributed by atoms with Crippen LogP contribution in [-0.4, -0.2) is 42.4 Å². The summed E-state index contributed by atoms with van der Waals surface area (Å²) in [6.45, 7) is 1.63. The highest BCUT2D eigenvalue weighted by Gasteiger charge is 2.47. The Morgan fingerprint density at radius 2 is 0.900 bits per heavy atom. The molecule has 1 aliphatic rings. The van der Waals surface area contributed by atoms with Gasteiger partial charge in [0.25, 0.3) is 0 Å². The fraction of sp³-hybridized carbons (Fsp3) is 0.294. The molecule has 5 rings (SSSR count). The van der Waals surface area contributed by atoms with Crippen molar-refractivity contribution >= 4 is 0 Å². The van der Waals surface area contributed by atoms with Crippen molar-refractivity contribution in [3.05, 3.63) is 144 Å². The molecule has 0 aromatic heterocycles. The van der Waals surface area contributed by atoms with E-state index in [-0.39, 0.29) is 6.61 Å². The Balaban J connectivity index is 1.34. The minimum absolute atomic E-state index is 0.247. The van der Waals surface area contributed by atoms with Gasteiger partial charge in [0.05, 0.1) is 33.0 Å². The van der Waals surface area contributed by atoms with Crippen LogP contribution in [0.1, 0.15) is 22.3 Å². The minimum atomic E-state index is -1.07. The highest BCUT2D eigenvalue weighted by Crippen LogP contribution is 2.29. The van der Waals surface area contributed by atoms with Crippen LogP contribution in [0, 0.1) is 0 Å². The summed E-state index contributed by atoms with van der Waals surface area (Å²) in [5, 5.41) is 11.5. The summed E-state index contributed by atoms with van der Waals surface area (Å²) in [4.78, 5) is 0. The fourth-order valence-corrected chi connectivity index (χ4v) is 4.71. The van der Waals surface area contributed by atoms with Crippen LogP contribution in [0.4, 0.5) is 0 Å². The molecule has 0 saturated carbocycles. The molecule has 208 valence electrons. The van der Waals surface area contributed by atoms with Crippen molar-refractivity contribution in [1.82, 2.24) is 0 Å². The van der Waals surface area contributed by atoms with E-state index in [1.807, 2.05) is 121 Å². The largest absolute Gasteiger partial charge is 0.385 e. The van der Waals surface area contributed by atoms with Crippen molar-refractivity contribution < 1.29 is 28.8 Å². The molecular weight excluding hydrogens is 504 g/mol. The van der Waals surface area contributed by atoms with Gasteiger partial charge in [0.1, 0.15) is 24.4 Å². The maximum Gasteiger partial charge on any atom is 0.187 e. The second kappa shape index (κ2) is 14.9. The lowest BCUT2D eigenvalue weighted by molar-refractivity contribution is -0.321. The summed E-state index contributed by atoms with van der Waals surface area (Å²) in [5.41, 5.74) is 4.07. The molecule has 0 unspecified atom stereocenters. The fourth-order valence-electron chi connectivity index (χ4n) is 4.71. The van der Waals surface area contributed by atoms with Crippen molar-refractivity contribution in [1.29, 1.82) is 0 Å². The Labute approximate surface area is 236 Å². The van der Waals surface area contributed by atoms with Gasteiger partial charge in [-0.25, -0.2) is 0 Å². The van der Waals surface area contributed by atoms with E-state index in [9.17, 15) is 5.11 Å². The van der Waals surface area contributed by atoms with Gasteiger partial charge < -0.3 is 28.8 Å². The quantitative estimate of drug-likeness (QED) is 0.236. The third kappa shape index (κ3) is 8.08. The van der Waals surface area contributed by atoms with E-state index in [1.165, 1.54) is 0 Å². The van der Waals surface area contributed by atoms with Gasteiger partial charge in [-0.15, -0.1) is 0 Å². The summed E-state index contributed by atoms with van der Waals surface area (Å²) >= 11 is 0. The highest BCUT2D eigenvalue weighted by atomic mass is 16.7. The predicted octanol–water partition coefficient (Wildman–Crippen LogP) is 5.68. The predicted molar refractivity (Wildman–Crippen MR) is 152 cm³/mol.